The first kappa shape index (κ1) is 19.4. The molecule has 2 unspecified atom stereocenters. The maximum atomic E-state index is 12.4. The Morgan fingerprint density at radius 3 is 2.31 bits per heavy atom. The van der Waals surface area contributed by atoms with E-state index in [1.54, 1.807) is 0 Å². The van der Waals surface area contributed by atoms with Crippen LogP contribution in [0.5, 0.6) is 0 Å². The lowest BCUT2D eigenvalue weighted by molar-refractivity contribution is -0.141. The smallest absolute Gasteiger partial charge is 0.325 e. The highest BCUT2D eigenvalue weighted by atomic mass is 32.2. The summed E-state index contributed by atoms with van der Waals surface area (Å²) in [7, 11) is -4.13. The van der Waals surface area contributed by atoms with Gasteiger partial charge in [-0.25, -0.2) is 12.7 Å². The van der Waals surface area contributed by atoms with E-state index < -0.39 is 52.3 Å². The van der Waals surface area contributed by atoms with Gasteiger partial charge in [-0.2, -0.15) is 0 Å². The van der Waals surface area contributed by atoms with Crippen molar-refractivity contribution in [3.63, 3.8) is 0 Å². The summed E-state index contributed by atoms with van der Waals surface area (Å²) in [5.41, 5.74) is -0.0265. The van der Waals surface area contributed by atoms with Gasteiger partial charge in [0, 0.05) is 0 Å². The van der Waals surface area contributed by atoms with E-state index in [4.69, 9.17) is 5.11 Å². The fourth-order valence-corrected chi connectivity index (χ4v) is 3.80. The van der Waals surface area contributed by atoms with Gasteiger partial charge in [-0.3, -0.25) is 19.2 Å². The molecule has 10 nitrogen and oxygen atoms in total. The molecular weight excluding hydrogens is 366 g/mol. The largest absolute Gasteiger partial charge is 0.480 e. The van der Waals surface area contributed by atoms with Crippen LogP contribution in [0.3, 0.4) is 0 Å². The summed E-state index contributed by atoms with van der Waals surface area (Å²) in [6, 6.07) is 3.30. The number of hydrogen-bond acceptors (Lipinski definition) is 6. The zero-order chi connectivity index (χ0) is 19.6. The Bertz CT molecular complexity index is 881. The summed E-state index contributed by atoms with van der Waals surface area (Å²) in [4.78, 5) is 46.6. The van der Waals surface area contributed by atoms with Gasteiger partial charge in [-0.1, -0.05) is 12.1 Å². The second-order valence-electron chi connectivity index (χ2n) is 5.67. The van der Waals surface area contributed by atoms with E-state index in [1.165, 1.54) is 38.1 Å². The lowest BCUT2D eigenvalue weighted by Crippen LogP contribution is -2.51. The van der Waals surface area contributed by atoms with Gasteiger partial charge in [0.1, 0.15) is 23.5 Å². The Morgan fingerprint density at radius 1 is 1.12 bits per heavy atom. The van der Waals surface area contributed by atoms with Crippen LogP contribution in [0, 0.1) is 0 Å². The van der Waals surface area contributed by atoms with Crippen LogP contribution in [0.15, 0.2) is 29.2 Å². The molecule has 3 N–H and O–H groups in total. The minimum Gasteiger partial charge on any atom is -0.480 e. The van der Waals surface area contributed by atoms with Gasteiger partial charge in [0.15, 0.2) is 0 Å². The van der Waals surface area contributed by atoms with Gasteiger partial charge < -0.3 is 15.7 Å². The number of sulfonamides is 1. The molecule has 1 aliphatic rings. The van der Waals surface area contributed by atoms with E-state index in [9.17, 15) is 27.6 Å². The SMILES string of the molecule is CC(NC(=O)C(C)NC(=O)CN1C(=O)c2ccccc2S1(=O)=O)C(=O)O. The lowest BCUT2D eigenvalue weighted by atomic mass is 10.2. The molecule has 11 heteroatoms. The van der Waals surface area contributed by atoms with Crippen molar-refractivity contribution in [1.29, 1.82) is 0 Å². The zero-order valence-corrected chi connectivity index (χ0v) is 14.7. The molecule has 1 aliphatic heterocycles. The molecule has 0 radical (unpaired) electrons. The molecule has 1 aromatic rings. The molecule has 2 rings (SSSR count). The van der Waals surface area contributed by atoms with Crippen LogP contribution in [0.25, 0.3) is 0 Å². The van der Waals surface area contributed by atoms with E-state index in [0.29, 0.717) is 4.31 Å². The Balaban J connectivity index is 2.04. The number of nitrogens with zero attached hydrogens (tertiary/aromatic N) is 1. The van der Waals surface area contributed by atoms with Crippen LogP contribution in [-0.2, 0) is 24.4 Å². The van der Waals surface area contributed by atoms with Gasteiger partial charge in [-0.05, 0) is 26.0 Å². The number of amides is 3. The Hall–Kier alpha value is -2.95. The first-order valence-electron chi connectivity index (χ1n) is 7.54. The monoisotopic (exact) mass is 383 g/mol. The molecule has 0 bridgehead atoms. The molecule has 1 aromatic carbocycles. The number of carbonyl (C=O) groups excluding carboxylic acids is 3. The summed E-state index contributed by atoms with van der Waals surface area (Å²) in [5.74, 6) is -3.71. The van der Waals surface area contributed by atoms with E-state index in [1.807, 2.05) is 0 Å². The molecule has 140 valence electrons. The molecule has 0 fully saturated rings. The number of carbonyl (C=O) groups is 4. The first-order chi connectivity index (χ1) is 12.1. The molecular formula is C15H17N3O7S. The van der Waals surface area contributed by atoms with Gasteiger partial charge in [0.05, 0.1) is 5.56 Å². The minimum absolute atomic E-state index is 0.0265. The van der Waals surface area contributed by atoms with Gasteiger partial charge >= 0.3 is 5.97 Å². The van der Waals surface area contributed by atoms with Crippen LogP contribution in [-0.4, -0.2) is 60.1 Å². The van der Waals surface area contributed by atoms with Gasteiger partial charge in [0.2, 0.25) is 11.8 Å². The molecule has 26 heavy (non-hydrogen) atoms. The maximum absolute atomic E-state index is 12.4. The average Bonchev–Trinajstić information content (AvgIpc) is 2.76. The highest BCUT2D eigenvalue weighted by molar-refractivity contribution is 7.90. The summed E-state index contributed by atoms with van der Waals surface area (Å²) < 4.78 is 25.1. The Morgan fingerprint density at radius 2 is 1.73 bits per heavy atom. The normalized spacial score (nSPS) is 17.2. The number of carboxylic acids is 1. The third-order valence-corrected chi connectivity index (χ3v) is 5.49. The van der Waals surface area contributed by atoms with Crippen molar-refractivity contribution in [2.45, 2.75) is 30.8 Å². The lowest BCUT2D eigenvalue weighted by Gasteiger charge is -2.18. The van der Waals surface area contributed by atoms with Crippen LogP contribution in [0.2, 0.25) is 0 Å². The molecule has 0 saturated carbocycles. The number of nitrogens with one attached hydrogen (secondary N) is 2. The van der Waals surface area contributed by atoms with Crippen LogP contribution >= 0.6 is 0 Å². The van der Waals surface area contributed by atoms with Crippen molar-refractivity contribution in [3.05, 3.63) is 29.8 Å². The fourth-order valence-electron chi connectivity index (χ4n) is 2.27. The molecule has 0 spiro atoms. The standard InChI is InChI=1S/C15H17N3O7S/c1-8(13(20)17-9(2)15(22)23)16-12(19)7-18-14(21)10-5-3-4-6-11(10)26(18,24)25/h3-6,8-9H,7H2,1-2H3,(H,16,19)(H,17,20)(H,22,23). The number of carboxylic acid groups (broad SMARTS) is 1. The number of benzene rings is 1. The number of fused-ring (bicyclic) bond motifs is 1. The predicted octanol–water partition coefficient (Wildman–Crippen LogP) is -1.07. The van der Waals surface area contributed by atoms with Crippen molar-refractivity contribution >= 4 is 33.7 Å². The van der Waals surface area contributed by atoms with Crippen molar-refractivity contribution < 1.29 is 32.7 Å². The van der Waals surface area contributed by atoms with Crippen LogP contribution in [0.4, 0.5) is 0 Å². The number of hydrogen-bond donors (Lipinski definition) is 3. The van der Waals surface area contributed by atoms with E-state index in [0.717, 1.165) is 0 Å². The Labute approximate surface area is 149 Å². The highest BCUT2D eigenvalue weighted by Gasteiger charge is 2.42. The Kier molecular flexibility index (Phi) is 5.30. The predicted molar refractivity (Wildman–Crippen MR) is 87.5 cm³/mol. The minimum atomic E-state index is -4.13. The third-order valence-electron chi connectivity index (χ3n) is 3.70. The van der Waals surface area contributed by atoms with Crippen molar-refractivity contribution in [3.8, 4) is 0 Å². The molecule has 0 aliphatic carbocycles. The van der Waals surface area contributed by atoms with E-state index >= 15 is 0 Å². The second kappa shape index (κ2) is 7.12. The zero-order valence-electron chi connectivity index (χ0n) is 13.9. The summed E-state index contributed by atoms with van der Waals surface area (Å²) in [5, 5.41) is 13.1. The van der Waals surface area contributed by atoms with Crippen molar-refractivity contribution in [2.24, 2.45) is 0 Å². The second-order valence-corrected chi connectivity index (χ2v) is 7.50. The molecule has 0 aromatic heterocycles. The third kappa shape index (κ3) is 3.67. The van der Waals surface area contributed by atoms with Crippen molar-refractivity contribution in [2.75, 3.05) is 6.54 Å². The molecule has 3 amide bonds. The molecule has 0 saturated heterocycles. The summed E-state index contributed by atoms with van der Waals surface area (Å²) >= 11 is 0. The number of aliphatic carboxylic acids is 1. The van der Waals surface area contributed by atoms with Crippen molar-refractivity contribution in [1.82, 2.24) is 14.9 Å². The van der Waals surface area contributed by atoms with E-state index in [2.05, 4.69) is 10.6 Å². The van der Waals surface area contributed by atoms with Gasteiger partial charge in [-0.15, -0.1) is 0 Å². The van der Waals surface area contributed by atoms with E-state index in [-0.39, 0.29) is 10.5 Å². The average molecular weight is 383 g/mol. The first-order valence-corrected chi connectivity index (χ1v) is 8.98. The van der Waals surface area contributed by atoms with Gasteiger partial charge in [0.25, 0.3) is 15.9 Å². The topological polar surface area (TPSA) is 150 Å². The molecule has 1 heterocycles. The fraction of sp³-hybridized carbons (Fsp3) is 0.333. The van der Waals surface area contributed by atoms with Crippen LogP contribution in [0.1, 0.15) is 24.2 Å². The maximum Gasteiger partial charge on any atom is 0.325 e. The summed E-state index contributed by atoms with van der Waals surface area (Å²) in [6.07, 6.45) is 0. The highest BCUT2D eigenvalue weighted by Crippen LogP contribution is 2.29. The molecule has 2 atom stereocenters. The quantitative estimate of drug-likeness (QED) is 0.566. The summed E-state index contributed by atoms with van der Waals surface area (Å²) in [6.45, 7) is 1.76. The van der Waals surface area contributed by atoms with Crippen LogP contribution < -0.4 is 10.6 Å². The number of rotatable bonds is 6.